The van der Waals surface area contributed by atoms with Gasteiger partial charge in [-0.05, 0) is 25.1 Å². The van der Waals surface area contributed by atoms with Gasteiger partial charge in [-0.3, -0.25) is 0 Å². The van der Waals surface area contributed by atoms with Crippen LogP contribution in [-0.2, 0) is 0 Å². The van der Waals surface area contributed by atoms with Crippen LogP contribution >= 0.6 is 0 Å². The van der Waals surface area contributed by atoms with Crippen molar-refractivity contribution < 1.29 is 0 Å². The van der Waals surface area contributed by atoms with E-state index in [9.17, 15) is 0 Å². The molecule has 0 amide bonds. The van der Waals surface area contributed by atoms with Crippen LogP contribution in [0.5, 0.6) is 0 Å². The summed E-state index contributed by atoms with van der Waals surface area (Å²) < 4.78 is 0. The standard InChI is InChI=1S/C10H20N2/c1-4-12(8-9(2)3)10-5-6-11-7-10/h4,9-11H,1,5-8H2,2-3H3. The lowest BCUT2D eigenvalue weighted by molar-refractivity contribution is 0.262. The zero-order valence-electron chi connectivity index (χ0n) is 8.21. The van der Waals surface area contributed by atoms with E-state index in [1.54, 1.807) is 0 Å². The molecule has 0 spiro atoms. The maximum Gasteiger partial charge on any atom is 0.0421 e. The highest BCUT2D eigenvalue weighted by molar-refractivity contribution is 4.86. The minimum absolute atomic E-state index is 0.685. The van der Waals surface area contributed by atoms with E-state index in [0.717, 1.165) is 25.6 Å². The van der Waals surface area contributed by atoms with Crippen LogP contribution in [0.15, 0.2) is 12.8 Å². The van der Waals surface area contributed by atoms with Crippen LogP contribution in [0, 0.1) is 5.92 Å². The summed E-state index contributed by atoms with van der Waals surface area (Å²) in [5.74, 6) is 0.726. The van der Waals surface area contributed by atoms with Crippen molar-refractivity contribution in [3.05, 3.63) is 12.8 Å². The molecule has 1 N–H and O–H groups in total. The minimum Gasteiger partial charge on any atom is -0.373 e. The van der Waals surface area contributed by atoms with Crippen molar-refractivity contribution >= 4 is 0 Å². The van der Waals surface area contributed by atoms with Gasteiger partial charge < -0.3 is 10.2 Å². The van der Waals surface area contributed by atoms with Gasteiger partial charge in [0.2, 0.25) is 0 Å². The first-order valence-corrected chi connectivity index (χ1v) is 4.83. The summed E-state index contributed by atoms with van der Waals surface area (Å²) in [4.78, 5) is 2.37. The Hall–Kier alpha value is -0.500. The average molecular weight is 168 g/mol. The molecule has 70 valence electrons. The van der Waals surface area contributed by atoms with Crippen LogP contribution in [0.1, 0.15) is 20.3 Å². The monoisotopic (exact) mass is 168 g/mol. The Morgan fingerprint density at radius 3 is 2.83 bits per heavy atom. The van der Waals surface area contributed by atoms with E-state index in [1.807, 2.05) is 6.20 Å². The molecule has 0 aromatic carbocycles. The lowest BCUT2D eigenvalue weighted by Crippen LogP contribution is -2.34. The third-order valence-electron chi connectivity index (χ3n) is 2.31. The molecule has 0 aromatic rings. The second-order valence-electron chi connectivity index (χ2n) is 3.92. The normalized spacial score (nSPS) is 23.1. The molecule has 0 bridgehead atoms. The van der Waals surface area contributed by atoms with Gasteiger partial charge in [0.05, 0.1) is 0 Å². The number of rotatable bonds is 4. The van der Waals surface area contributed by atoms with Gasteiger partial charge in [-0.25, -0.2) is 0 Å². The van der Waals surface area contributed by atoms with E-state index in [0.29, 0.717) is 6.04 Å². The molecular formula is C10H20N2. The molecule has 1 fully saturated rings. The molecule has 1 aliphatic heterocycles. The predicted octanol–water partition coefficient (Wildman–Crippen LogP) is 1.45. The first kappa shape index (κ1) is 9.59. The largest absolute Gasteiger partial charge is 0.373 e. The highest BCUT2D eigenvalue weighted by Gasteiger charge is 2.19. The van der Waals surface area contributed by atoms with Gasteiger partial charge in [0.25, 0.3) is 0 Å². The summed E-state index contributed by atoms with van der Waals surface area (Å²) in [6.07, 6.45) is 3.25. The SMILES string of the molecule is C=CN(CC(C)C)C1CCNC1. The highest BCUT2D eigenvalue weighted by Crippen LogP contribution is 2.10. The number of hydrogen-bond donors (Lipinski definition) is 1. The van der Waals surface area contributed by atoms with Crippen molar-refractivity contribution in [2.75, 3.05) is 19.6 Å². The molecule has 0 aliphatic carbocycles. The fourth-order valence-corrected chi connectivity index (χ4v) is 1.72. The van der Waals surface area contributed by atoms with Gasteiger partial charge in [0, 0.05) is 19.1 Å². The zero-order chi connectivity index (χ0) is 8.97. The maximum absolute atomic E-state index is 3.86. The van der Waals surface area contributed by atoms with Crippen LogP contribution in [0.25, 0.3) is 0 Å². The van der Waals surface area contributed by atoms with Crippen LogP contribution < -0.4 is 5.32 Å². The van der Waals surface area contributed by atoms with Crippen LogP contribution in [-0.4, -0.2) is 30.6 Å². The van der Waals surface area contributed by atoms with Crippen molar-refractivity contribution in [2.24, 2.45) is 5.92 Å². The third-order valence-corrected chi connectivity index (χ3v) is 2.31. The van der Waals surface area contributed by atoms with Crippen LogP contribution in [0.2, 0.25) is 0 Å². The molecule has 1 heterocycles. The lowest BCUT2D eigenvalue weighted by atomic mass is 10.1. The average Bonchev–Trinajstić information content (AvgIpc) is 2.51. The fraction of sp³-hybridized carbons (Fsp3) is 0.800. The summed E-state index contributed by atoms with van der Waals surface area (Å²) in [7, 11) is 0. The Morgan fingerprint density at radius 2 is 2.42 bits per heavy atom. The van der Waals surface area contributed by atoms with Gasteiger partial charge in [0.1, 0.15) is 0 Å². The Labute approximate surface area is 75.6 Å². The van der Waals surface area contributed by atoms with Gasteiger partial charge >= 0.3 is 0 Å². The molecule has 1 unspecified atom stereocenters. The van der Waals surface area contributed by atoms with Crippen molar-refractivity contribution in [3.8, 4) is 0 Å². The van der Waals surface area contributed by atoms with Crippen molar-refractivity contribution in [2.45, 2.75) is 26.3 Å². The lowest BCUT2D eigenvalue weighted by Gasteiger charge is -2.28. The summed E-state index contributed by atoms with van der Waals surface area (Å²) in [6.45, 7) is 11.8. The second-order valence-corrected chi connectivity index (χ2v) is 3.92. The molecule has 0 saturated carbocycles. The minimum atomic E-state index is 0.685. The summed E-state index contributed by atoms with van der Waals surface area (Å²) in [5, 5.41) is 3.37. The Balaban J connectivity index is 2.37. The summed E-state index contributed by atoms with van der Waals surface area (Å²) in [6, 6.07) is 0.685. The number of nitrogens with one attached hydrogen (secondary N) is 1. The van der Waals surface area contributed by atoms with Crippen molar-refractivity contribution in [1.82, 2.24) is 10.2 Å². The van der Waals surface area contributed by atoms with Gasteiger partial charge in [-0.2, -0.15) is 0 Å². The molecule has 12 heavy (non-hydrogen) atoms. The Bertz CT molecular complexity index is 137. The molecule has 2 nitrogen and oxygen atoms in total. The third kappa shape index (κ3) is 2.52. The molecule has 1 atom stereocenters. The highest BCUT2D eigenvalue weighted by atomic mass is 15.2. The van der Waals surface area contributed by atoms with Gasteiger partial charge in [0.15, 0.2) is 0 Å². The zero-order valence-corrected chi connectivity index (χ0v) is 8.21. The molecule has 1 aliphatic rings. The Kier molecular flexibility index (Phi) is 3.60. The van der Waals surface area contributed by atoms with Crippen molar-refractivity contribution in [1.29, 1.82) is 0 Å². The van der Waals surface area contributed by atoms with E-state index in [4.69, 9.17) is 0 Å². The van der Waals surface area contributed by atoms with E-state index in [2.05, 4.69) is 30.6 Å². The molecule has 0 radical (unpaired) electrons. The molecule has 1 rings (SSSR count). The predicted molar refractivity (Wildman–Crippen MR) is 53.0 cm³/mol. The topological polar surface area (TPSA) is 15.3 Å². The summed E-state index contributed by atoms with van der Waals surface area (Å²) in [5.41, 5.74) is 0. The van der Waals surface area contributed by atoms with Gasteiger partial charge in [-0.15, -0.1) is 0 Å². The Morgan fingerprint density at radius 1 is 1.67 bits per heavy atom. The van der Waals surface area contributed by atoms with Crippen LogP contribution in [0.3, 0.4) is 0 Å². The molecular weight excluding hydrogens is 148 g/mol. The first-order valence-electron chi connectivity index (χ1n) is 4.83. The fourth-order valence-electron chi connectivity index (χ4n) is 1.72. The summed E-state index contributed by atoms with van der Waals surface area (Å²) >= 11 is 0. The second kappa shape index (κ2) is 4.51. The van der Waals surface area contributed by atoms with Crippen molar-refractivity contribution in [3.63, 3.8) is 0 Å². The molecule has 0 aromatic heterocycles. The smallest absolute Gasteiger partial charge is 0.0421 e. The number of nitrogens with zero attached hydrogens (tertiary/aromatic N) is 1. The number of hydrogen-bond acceptors (Lipinski definition) is 2. The molecule has 2 heteroatoms. The molecule has 1 saturated heterocycles. The van der Waals surface area contributed by atoms with E-state index < -0.39 is 0 Å². The van der Waals surface area contributed by atoms with E-state index >= 15 is 0 Å². The van der Waals surface area contributed by atoms with E-state index in [1.165, 1.54) is 6.42 Å². The van der Waals surface area contributed by atoms with Crippen LogP contribution in [0.4, 0.5) is 0 Å². The quantitative estimate of drug-likeness (QED) is 0.683. The van der Waals surface area contributed by atoms with Gasteiger partial charge in [-0.1, -0.05) is 20.4 Å². The first-order chi connectivity index (χ1) is 5.74. The van der Waals surface area contributed by atoms with E-state index in [-0.39, 0.29) is 0 Å². The maximum atomic E-state index is 3.86.